The van der Waals surface area contributed by atoms with Crippen molar-refractivity contribution in [3.8, 4) is 6.07 Å². The summed E-state index contributed by atoms with van der Waals surface area (Å²) < 4.78 is 8.22. The number of benzene rings is 3. The third-order valence-electron chi connectivity index (χ3n) is 7.39. The summed E-state index contributed by atoms with van der Waals surface area (Å²) in [5.74, 6) is 0.391. The van der Waals surface area contributed by atoms with E-state index in [9.17, 15) is 10.1 Å². The van der Waals surface area contributed by atoms with E-state index in [0.717, 1.165) is 48.8 Å². The zero-order valence-corrected chi connectivity index (χ0v) is 19.0. The van der Waals surface area contributed by atoms with Gasteiger partial charge in [0.25, 0.3) is 0 Å². The molecule has 1 aromatic heterocycles. The number of imidazole rings is 1. The molecule has 1 aliphatic heterocycles. The lowest BCUT2D eigenvalue weighted by molar-refractivity contribution is 0.00415. The minimum atomic E-state index is -0.418. The largest absolute Gasteiger partial charge is 0.441 e. The van der Waals surface area contributed by atoms with Crippen molar-refractivity contribution in [3.63, 3.8) is 0 Å². The number of aromatic nitrogens is 2. The van der Waals surface area contributed by atoms with E-state index in [1.807, 2.05) is 35.5 Å². The zero-order chi connectivity index (χ0) is 23.1. The minimum absolute atomic E-state index is 0.208. The molecule has 1 amide bonds. The van der Waals surface area contributed by atoms with Gasteiger partial charge in [0.2, 0.25) is 0 Å². The number of hydrogen-bond acceptors (Lipinski definition) is 4. The van der Waals surface area contributed by atoms with Crippen LogP contribution >= 0.6 is 0 Å². The van der Waals surface area contributed by atoms with E-state index in [2.05, 4.69) is 46.0 Å². The number of ether oxygens (including phenoxy) is 1. The maximum absolute atomic E-state index is 12.9. The van der Waals surface area contributed by atoms with Crippen LogP contribution in [-0.2, 0) is 17.8 Å². The van der Waals surface area contributed by atoms with E-state index in [-0.39, 0.29) is 6.09 Å². The van der Waals surface area contributed by atoms with E-state index in [1.165, 1.54) is 10.8 Å². The van der Waals surface area contributed by atoms with Crippen molar-refractivity contribution in [3.05, 3.63) is 78.1 Å². The van der Waals surface area contributed by atoms with Gasteiger partial charge in [0, 0.05) is 13.1 Å². The number of carbonyl (C=O) groups excluding carboxylic acids is 1. The molecule has 6 nitrogen and oxygen atoms in total. The normalized spacial score (nSPS) is 22.4. The lowest BCUT2D eigenvalue weighted by atomic mass is 9.78. The molecule has 4 aromatic rings. The first-order valence-corrected chi connectivity index (χ1v) is 11.9. The van der Waals surface area contributed by atoms with Gasteiger partial charge in [-0.25, -0.2) is 9.78 Å². The van der Waals surface area contributed by atoms with Crippen LogP contribution in [-0.4, -0.2) is 32.7 Å². The van der Waals surface area contributed by atoms with Crippen LogP contribution in [0.3, 0.4) is 0 Å². The Morgan fingerprint density at radius 2 is 2.03 bits per heavy atom. The number of hydrogen-bond donors (Lipinski definition) is 0. The molecule has 1 saturated heterocycles. The zero-order valence-electron chi connectivity index (χ0n) is 19.0. The fourth-order valence-electron chi connectivity index (χ4n) is 5.84. The van der Waals surface area contributed by atoms with Gasteiger partial charge in [0.05, 0.1) is 35.5 Å². The number of fused-ring (bicyclic) bond motifs is 2. The molecule has 3 aromatic carbocycles. The van der Waals surface area contributed by atoms with E-state index in [4.69, 9.17) is 4.74 Å². The van der Waals surface area contributed by atoms with Gasteiger partial charge in [-0.05, 0) is 66.1 Å². The summed E-state index contributed by atoms with van der Waals surface area (Å²) in [6.07, 6.45) is 5.55. The number of amides is 1. The molecule has 1 saturated carbocycles. The molecule has 2 atom stereocenters. The smallest absolute Gasteiger partial charge is 0.410 e. The van der Waals surface area contributed by atoms with Crippen molar-refractivity contribution in [1.29, 1.82) is 5.26 Å². The highest BCUT2D eigenvalue weighted by Crippen LogP contribution is 2.41. The molecule has 0 bridgehead atoms. The standard InChI is InChI=1S/C28H26N4O2/c29-15-20-10-11-25-26(13-20)32(19-30-25)16-21-5-4-12-28(14-21)18-31(27(33)34-28)17-23-8-3-7-22-6-1-2-9-24(22)23/h1-3,6-11,13,19,21H,4-5,12,14,16-18H2. The van der Waals surface area contributed by atoms with Crippen LogP contribution in [0.15, 0.2) is 67.0 Å². The topological polar surface area (TPSA) is 71.2 Å². The van der Waals surface area contributed by atoms with Gasteiger partial charge in [-0.2, -0.15) is 5.26 Å². The maximum atomic E-state index is 12.9. The first kappa shape index (κ1) is 20.7. The van der Waals surface area contributed by atoms with Gasteiger partial charge < -0.3 is 9.30 Å². The van der Waals surface area contributed by atoms with Gasteiger partial charge in [-0.3, -0.25) is 4.90 Å². The fraction of sp³-hybridized carbons (Fsp3) is 0.321. The molecule has 6 rings (SSSR count). The Morgan fingerprint density at radius 3 is 2.94 bits per heavy atom. The highest BCUT2D eigenvalue weighted by atomic mass is 16.6. The van der Waals surface area contributed by atoms with Gasteiger partial charge >= 0.3 is 6.09 Å². The number of carbonyl (C=O) groups is 1. The van der Waals surface area contributed by atoms with E-state index < -0.39 is 5.60 Å². The van der Waals surface area contributed by atoms with Crippen LogP contribution in [0.1, 0.15) is 36.8 Å². The Balaban J connectivity index is 1.19. The lowest BCUT2D eigenvalue weighted by Crippen LogP contribution is -2.40. The number of nitriles is 1. The molecule has 1 spiro atoms. The average molecular weight is 451 g/mol. The third-order valence-corrected chi connectivity index (χ3v) is 7.39. The van der Waals surface area contributed by atoms with Crippen molar-refractivity contribution in [1.82, 2.24) is 14.5 Å². The predicted molar refractivity (Wildman–Crippen MR) is 130 cm³/mol. The average Bonchev–Trinajstić information content (AvgIpc) is 3.38. The summed E-state index contributed by atoms with van der Waals surface area (Å²) in [5.41, 5.74) is 3.26. The molecule has 170 valence electrons. The third kappa shape index (κ3) is 3.67. The van der Waals surface area contributed by atoms with Crippen molar-refractivity contribution in [2.75, 3.05) is 6.54 Å². The molecular formula is C28H26N4O2. The highest BCUT2D eigenvalue weighted by Gasteiger charge is 2.47. The van der Waals surface area contributed by atoms with E-state index >= 15 is 0 Å². The lowest BCUT2D eigenvalue weighted by Gasteiger charge is -2.36. The van der Waals surface area contributed by atoms with Gasteiger partial charge in [0.1, 0.15) is 5.60 Å². The Hall–Kier alpha value is -3.85. The molecule has 34 heavy (non-hydrogen) atoms. The van der Waals surface area contributed by atoms with Crippen LogP contribution in [0.4, 0.5) is 4.79 Å². The number of nitrogens with zero attached hydrogens (tertiary/aromatic N) is 4. The summed E-state index contributed by atoms with van der Waals surface area (Å²) in [6.45, 7) is 2.01. The van der Waals surface area contributed by atoms with Crippen molar-refractivity contribution >= 4 is 27.9 Å². The summed E-state index contributed by atoms with van der Waals surface area (Å²) in [5, 5.41) is 11.6. The molecule has 0 N–H and O–H groups in total. The number of rotatable bonds is 4. The van der Waals surface area contributed by atoms with Crippen LogP contribution in [0.5, 0.6) is 0 Å². The molecule has 1 aliphatic carbocycles. The summed E-state index contributed by atoms with van der Waals surface area (Å²) >= 11 is 0. The Kier molecular flexibility index (Phi) is 4.99. The molecule has 2 unspecified atom stereocenters. The molecule has 2 fully saturated rings. The van der Waals surface area contributed by atoms with Crippen molar-refractivity contribution in [2.24, 2.45) is 5.92 Å². The second-order valence-corrected chi connectivity index (χ2v) is 9.72. The van der Waals surface area contributed by atoms with Crippen molar-refractivity contribution in [2.45, 2.75) is 44.4 Å². The van der Waals surface area contributed by atoms with Crippen molar-refractivity contribution < 1.29 is 9.53 Å². The van der Waals surface area contributed by atoms with Crippen LogP contribution in [0, 0.1) is 17.2 Å². The molecular weight excluding hydrogens is 424 g/mol. The molecule has 0 radical (unpaired) electrons. The predicted octanol–water partition coefficient (Wildman–Crippen LogP) is 5.64. The first-order valence-electron chi connectivity index (χ1n) is 11.9. The van der Waals surface area contributed by atoms with Gasteiger partial charge in [-0.15, -0.1) is 0 Å². The SMILES string of the molecule is N#Cc1ccc2ncn(CC3CCCC4(C3)CN(Cc3cccc5ccccc35)C(=O)O4)c2c1. The van der Waals surface area contributed by atoms with Gasteiger partial charge in [-0.1, -0.05) is 42.5 Å². The van der Waals surface area contributed by atoms with E-state index in [0.29, 0.717) is 24.6 Å². The first-order chi connectivity index (χ1) is 16.6. The van der Waals surface area contributed by atoms with Gasteiger partial charge in [0.15, 0.2) is 0 Å². The fourth-order valence-corrected chi connectivity index (χ4v) is 5.84. The Labute approximate surface area is 198 Å². The quantitative estimate of drug-likeness (QED) is 0.403. The maximum Gasteiger partial charge on any atom is 0.410 e. The molecule has 2 aliphatic rings. The minimum Gasteiger partial charge on any atom is -0.441 e. The monoisotopic (exact) mass is 450 g/mol. The van der Waals surface area contributed by atoms with Crippen LogP contribution in [0.2, 0.25) is 0 Å². The Bertz CT molecular complexity index is 1430. The van der Waals surface area contributed by atoms with Crippen LogP contribution < -0.4 is 0 Å². The molecule has 2 heterocycles. The van der Waals surface area contributed by atoms with Crippen LogP contribution in [0.25, 0.3) is 21.8 Å². The van der Waals surface area contributed by atoms with E-state index in [1.54, 1.807) is 6.07 Å². The summed E-state index contributed by atoms with van der Waals surface area (Å²) in [6, 6.07) is 22.4. The second kappa shape index (κ2) is 8.18. The summed E-state index contributed by atoms with van der Waals surface area (Å²) in [4.78, 5) is 19.3. The molecule has 6 heteroatoms. The Morgan fingerprint density at radius 1 is 1.15 bits per heavy atom. The highest BCUT2D eigenvalue weighted by molar-refractivity contribution is 5.86. The second-order valence-electron chi connectivity index (χ2n) is 9.72. The summed E-state index contributed by atoms with van der Waals surface area (Å²) in [7, 11) is 0.